The third-order valence-corrected chi connectivity index (χ3v) is 3.83. The third kappa shape index (κ3) is 2.46. The number of aromatic hydroxyl groups is 1. The molecule has 0 amide bonds. The number of aryl methyl sites for hydroxylation is 1. The van der Waals surface area contributed by atoms with Gasteiger partial charge in [0, 0.05) is 24.1 Å². The van der Waals surface area contributed by atoms with Crippen LogP contribution >= 0.6 is 0 Å². The summed E-state index contributed by atoms with van der Waals surface area (Å²) in [5.74, 6) is 1.09. The maximum atomic E-state index is 10.6. The number of ether oxygens (including phenoxy) is 1. The molecular weight excluding hydrogens is 320 g/mol. The summed E-state index contributed by atoms with van der Waals surface area (Å²) in [6.45, 7) is 1.67. The lowest BCUT2D eigenvalue weighted by Gasteiger charge is -2.12. The lowest BCUT2D eigenvalue weighted by molar-refractivity contribution is 0.416. The minimum atomic E-state index is -0.0992. The van der Waals surface area contributed by atoms with Gasteiger partial charge in [0.05, 0.1) is 12.8 Å². The molecular formula is C18H14N4O3. The van der Waals surface area contributed by atoms with Crippen molar-refractivity contribution in [1.82, 2.24) is 20.2 Å². The fraction of sp³-hybridized carbons (Fsp3) is 0.111. The minimum Gasteiger partial charge on any atom is -0.504 e. The van der Waals surface area contributed by atoms with Crippen molar-refractivity contribution >= 4 is 10.9 Å². The molecule has 0 unspecified atom stereocenters. The number of benzene rings is 1. The van der Waals surface area contributed by atoms with Crippen molar-refractivity contribution in [2.75, 3.05) is 7.11 Å². The number of fused-ring (bicyclic) bond motifs is 1. The average molecular weight is 334 g/mol. The molecule has 0 bridgehead atoms. The van der Waals surface area contributed by atoms with Gasteiger partial charge in [-0.1, -0.05) is 12.1 Å². The number of hydrogen-bond acceptors (Lipinski definition) is 7. The monoisotopic (exact) mass is 334 g/mol. The van der Waals surface area contributed by atoms with Gasteiger partial charge in [0.2, 0.25) is 5.89 Å². The van der Waals surface area contributed by atoms with Crippen molar-refractivity contribution in [3.63, 3.8) is 0 Å². The Bertz CT molecular complexity index is 1080. The van der Waals surface area contributed by atoms with Gasteiger partial charge in [0.25, 0.3) is 5.89 Å². The Balaban J connectivity index is 2.08. The molecule has 1 aromatic carbocycles. The van der Waals surface area contributed by atoms with E-state index in [4.69, 9.17) is 9.15 Å². The Kier molecular flexibility index (Phi) is 3.53. The summed E-state index contributed by atoms with van der Waals surface area (Å²) < 4.78 is 10.9. The van der Waals surface area contributed by atoms with Gasteiger partial charge < -0.3 is 14.3 Å². The van der Waals surface area contributed by atoms with Crippen LogP contribution in [0, 0.1) is 6.92 Å². The van der Waals surface area contributed by atoms with Crippen molar-refractivity contribution in [2.24, 2.45) is 0 Å². The molecule has 0 saturated carbocycles. The highest BCUT2D eigenvalue weighted by atomic mass is 16.5. The van der Waals surface area contributed by atoms with Gasteiger partial charge in [-0.25, -0.2) is 4.98 Å². The van der Waals surface area contributed by atoms with Gasteiger partial charge in [0.15, 0.2) is 11.4 Å². The van der Waals surface area contributed by atoms with Gasteiger partial charge in [-0.2, -0.15) is 0 Å². The molecule has 0 fully saturated rings. The normalized spacial score (nSPS) is 11.0. The van der Waals surface area contributed by atoms with E-state index in [0.717, 1.165) is 5.56 Å². The molecule has 0 aliphatic heterocycles. The molecule has 0 radical (unpaired) electrons. The molecule has 1 N–H and O–H groups in total. The fourth-order valence-corrected chi connectivity index (χ4v) is 2.71. The lowest BCUT2D eigenvalue weighted by atomic mass is 10.0. The van der Waals surface area contributed by atoms with Gasteiger partial charge >= 0.3 is 0 Å². The summed E-state index contributed by atoms with van der Waals surface area (Å²) in [6.07, 6.45) is 1.61. The zero-order chi connectivity index (χ0) is 17.4. The van der Waals surface area contributed by atoms with Crippen molar-refractivity contribution in [3.8, 4) is 34.3 Å². The Morgan fingerprint density at radius 3 is 2.64 bits per heavy atom. The quantitative estimate of drug-likeness (QED) is 0.614. The van der Waals surface area contributed by atoms with Crippen LogP contribution in [0.4, 0.5) is 0 Å². The molecule has 7 nitrogen and oxygen atoms in total. The van der Waals surface area contributed by atoms with Gasteiger partial charge in [0.1, 0.15) is 11.3 Å². The predicted octanol–water partition coefficient (Wildman–Crippen LogP) is 3.37. The van der Waals surface area contributed by atoms with Crippen LogP contribution in [0.2, 0.25) is 0 Å². The number of rotatable bonds is 3. The molecule has 0 aliphatic carbocycles. The molecule has 0 saturated heterocycles. The Morgan fingerprint density at radius 2 is 1.88 bits per heavy atom. The van der Waals surface area contributed by atoms with E-state index in [-0.39, 0.29) is 17.3 Å². The fourth-order valence-electron chi connectivity index (χ4n) is 2.71. The highest BCUT2D eigenvalue weighted by molar-refractivity contribution is 5.99. The second-order valence-electron chi connectivity index (χ2n) is 5.38. The van der Waals surface area contributed by atoms with E-state index in [1.807, 2.05) is 30.3 Å². The van der Waals surface area contributed by atoms with E-state index in [1.54, 1.807) is 26.3 Å². The summed E-state index contributed by atoms with van der Waals surface area (Å²) >= 11 is 0. The standard InChI is InChI=1S/C18H14N4O3/c1-10-21-22-18(25-10)16-17(23)15-12(7-5-9-19-15)14(20-16)11-6-3-4-8-13(11)24-2/h3-9,23H,1-2H3. The van der Waals surface area contributed by atoms with E-state index < -0.39 is 0 Å². The summed E-state index contributed by atoms with van der Waals surface area (Å²) in [6, 6.07) is 11.2. The molecule has 0 spiro atoms. The van der Waals surface area contributed by atoms with E-state index in [2.05, 4.69) is 20.2 Å². The molecule has 3 heterocycles. The SMILES string of the molecule is COc1ccccc1-c1nc(-c2nnc(C)o2)c(O)c2ncccc12. The van der Waals surface area contributed by atoms with E-state index in [1.165, 1.54) is 0 Å². The molecule has 25 heavy (non-hydrogen) atoms. The number of nitrogens with zero attached hydrogens (tertiary/aromatic N) is 4. The van der Waals surface area contributed by atoms with E-state index in [0.29, 0.717) is 28.2 Å². The maximum Gasteiger partial charge on any atom is 0.270 e. The summed E-state index contributed by atoms with van der Waals surface area (Å²) in [4.78, 5) is 8.89. The van der Waals surface area contributed by atoms with Crippen LogP contribution in [0.25, 0.3) is 33.7 Å². The predicted molar refractivity (Wildman–Crippen MR) is 91.2 cm³/mol. The number of pyridine rings is 2. The lowest BCUT2D eigenvalue weighted by Crippen LogP contribution is -1.96. The first-order valence-corrected chi connectivity index (χ1v) is 7.60. The first-order valence-electron chi connectivity index (χ1n) is 7.60. The van der Waals surface area contributed by atoms with Crippen LogP contribution in [-0.2, 0) is 0 Å². The van der Waals surface area contributed by atoms with Crippen LogP contribution in [-0.4, -0.2) is 32.4 Å². The Morgan fingerprint density at radius 1 is 1.04 bits per heavy atom. The van der Waals surface area contributed by atoms with E-state index >= 15 is 0 Å². The number of methoxy groups -OCH3 is 1. The molecule has 0 atom stereocenters. The third-order valence-electron chi connectivity index (χ3n) is 3.83. The van der Waals surface area contributed by atoms with Gasteiger partial charge in [-0.05, 0) is 24.3 Å². The van der Waals surface area contributed by atoms with Crippen LogP contribution in [0.15, 0.2) is 47.0 Å². The van der Waals surface area contributed by atoms with E-state index in [9.17, 15) is 5.11 Å². The summed E-state index contributed by atoms with van der Waals surface area (Å²) in [5.41, 5.74) is 1.99. The number of hydrogen-bond donors (Lipinski definition) is 1. The van der Waals surface area contributed by atoms with Crippen molar-refractivity contribution < 1.29 is 14.3 Å². The molecule has 4 rings (SSSR count). The second kappa shape index (κ2) is 5.86. The first kappa shape index (κ1) is 15.1. The van der Waals surface area contributed by atoms with Crippen LogP contribution in [0.3, 0.4) is 0 Å². The first-order chi connectivity index (χ1) is 12.2. The van der Waals surface area contributed by atoms with Crippen molar-refractivity contribution in [2.45, 2.75) is 6.92 Å². The highest BCUT2D eigenvalue weighted by Crippen LogP contribution is 2.40. The zero-order valence-electron chi connectivity index (χ0n) is 13.6. The average Bonchev–Trinajstić information content (AvgIpc) is 3.08. The molecule has 7 heteroatoms. The topological polar surface area (TPSA) is 94.2 Å². The molecule has 0 aliphatic rings. The maximum absolute atomic E-state index is 10.6. The Hall–Kier alpha value is -3.48. The largest absolute Gasteiger partial charge is 0.504 e. The summed E-state index contributed by atoms with van der Waals surface area (Å²) in [5, 5.41) is 19.1. The number of para-hydroxylation sites is 1. The molecule has 124 valence electrons. The zero-order valence-corrected chi connectivity index (χ0v) is 13.6. The van der Waals surface area contributed by atoms with Crippen LogP contribution < -0.4 is 4.74 Å². The smallest absolute Gasteiger partial charge is 0.270 e. The van der Waals surface area contributed by atoms with Gasteiger partial charge in [-0.15, -0.1) is 10.2 Å². The Labute approximate surface area is 143 Å². The second-order valence-corrected chi connectivity index (χ2v) is 5.38. The minimum absolute atomic E-state index is 0.0992. The van der Waals surface area contributed by atoms with Crippen LogP contribution in [0.1, 0.15) is 5.89 Å². The molecule has 3 aromatic heterocycles. The summed E-state index contributed by atoms with van der Waals surface area (Å²) in [7, 11) is 1.60. The highest BCUT2D eigenvalue weighted by Gasteiger charge is 2.21. The van der Waals surface area contributed by atoms with Gasteiger partial charge in [-0.3, -0.25) is 4.98 Å². The van der Waals surface area contributed by atoms with Crippen LogP contribution in [0.5, 0.6) is 11.5 Å². The molecule has 4 aromatic rings. The number of aromatic nitrogens is 4. The van der Waals surface area contributed by atoms with Crippen molar-refractivity contribution in [3.05, 3.63) is 48.5 Å². The van der Waals surface area contributed by atoms with Crippen molar-refractivity contribution in [1.29, 1.82) is 0 Å².